The monoisotopic (exact) mass is 333 g/mol. The summed E-state index contributed by atoms with van der Waals surface area (Å²) in [5, 5.41) is 0. The predicted octanol–water partition coefficient (Wildman–Crippen LogP) is -0.433. The van der Waals surface area contributed by atoms with Crippen LogP contribution in [0.5, 0.6) is 0 Å². The van der Waals surface area contributed by atoms with Crippen LogP contribution in [0.15, 0.2) is 12.2 Å². The van der Waals surface area contributed by atoms with E-state index >= 15 is 0 Å². The van der Waals surface area contributed by atoms with Gasteiger partial charge in [0.2, 0.25) is 0 Å². The van der Waals surface area contributed by atoms with Gasteiger partial charge in [0.1, 0.15) is 0 Å². The molecular weight excluding hydrogens is 328 g/mol. The molecule has 0 N–H and O–H groups in total. The van der Waals surface area contributed by atoms with E-state index in [0.717, 1.165) is 0 Å². The normalized spacial score (nSPS) is 17.8. The van der Waals surface area contributed by atoms with Crippen LogP contribution in [0.3, 0.4) is 0 Å². The van der Waals surface area contributed by atoms with Crippen LogP contribution in [0.4, 0.5) is 0 Å². The van der Waals surface area contributed by atoms with Gasteiger partial charge in [-0.15, -0.1) is 0 Å². The zero-order chi connectivity index (χ0) is 7.56. The molecule has 1 heterocycles. The molecule has 0 aromatic heterocycles. The van der Waals surface area contributed by atoms with Gasteiger partial charge in [0, 0.05) is 0 Å². The van der Waals surface area contributed by atoms with Crippen LogP contribution < -0.4 is 0 Å². The summed E-state index contributed by atoms with van der Waals surface area (Å²) in [5.74, 6) is -0.855. The summed E-state index contributed by atoms with van der Waals surface area (Å²) in [6, 6.07) is 0. The van der Waals surface area contributed by atoms with Crippen molar-refractivity contribution in [2.75, 3.05) is 0 Å². The van der Waals surface area contributed by atoms with Crippen LogP contribution in [0.2, 0.25) is 0 Å². The van der Waals surface area contributed by atoms with E-state index < -0.39 is 31.1 Å². The van der Waals surface area contributed by atoms with Crippen molar-refractivity contribution in [3.8, 4) is 0 Å². The summed E-state index contributed by atoms with van der Waals surface area (Å²) in [6.45, 7) is 3.36. The van der Waals surface area contributed by atoms with Crippen LogP contribution in [-0.4, -0.2) is 37.1 Å². The topological polar surface area (TPSA) is 52.6 Å². The first-order valence-corrected chi connectivity index (χ1v) is 6.26. The van der Waals surface area contributed by atoms with E-state index in [0.29, 0.717) is 0 Å². The van der Waals surface area contributed by atoms with Crippen LogP contribution in [0.25, 0.3) is 0 Å². The zero-order valence-corrected chi connectivity index (χ0v) is 9.61. The molecule has 0 spiro atoms. The summed E-state index contributed by atoms with van der Waals surface area (Å²) in [5.41, 5.74) is 0.193. The molecule has 10 heavy (non-hydrogen) atoms. The fourth-order valence-corrected chi connectivity index (χ4v) is 2.41. The van der Waals surface area contributed by atoms with Crippen molar-refractivity contribution in [1.29, 1.82) is 0 Å². The Labute approximate surface area is 70.7 Å². The molecule has 0 radical (unpaired) electrons. The minimum atomic E-state index is -1.97. The van der Waals surface area contributed by atoms with Crippen molar-refractivity contribution in [3.63, 3.8) is 0 Å². The molecule has 0 atom stereocenters. The first kappa shape index (κ1) is 7.71. The van der Waals surface area contributed by atoms with Crippen LogP contribution in [0, 0.1) is 0 Å². The third kappa shape index (κ3) is 1.79. The summed E-state index contributed by atoms with van der Waals surface area (Å²) < 4.78 is 9.22. The van der Waals surface area contributed by atoms with Gasteiger partial charge in [-0.2, -0.15) is 0 Å². The molecule has 1 aliphatic heterocycles. The van der Waals surface area contributed by atoms with Crippen molar-refractivity contribution >= 4 is 37.1 Å². The Morgan fingerprint density at radius 3 is 2.80 bits per heavy atom. The van der Waals surface area contributed by atoms with E-state index in [4.69, 9.17) is 0 Å². The van der Waals surface area contributed by atoms with Gasteiger partial charge in [-0.05, 0) is 0 Å². The maximum atomic E-state index is 10.7. The van der Waals surface area contributed by atoms with Gasteiger partial charge < -0.3 is 0 Å². The molecular formula is C5H4O4Tl. The van der Waals surface area contributed by atoms with Crippen molar-refractivity contribution in [1.82, 2.24) is 0 Å². The summed E-state index contributed by atoms with van der Waals surface area (Å²) in [7, 11) is 0. The number of carbonyl (C=O) groups is 2. The van der Waals surface area contributed by atoms with Crippen molar-refractivity contribution in [2.45, 2.75) is 6.42 Å². The fourth-order valence-electron chi connectivity index (χ4n) is 0.493. The standard InChI is InChI=1S/C5H6O4.Tl/c1-3(5(8)9)2-4(6)7;/h1-2H2,(H,6,7)(H,8,9);/q;+2/p-2. The molecule has 0 unspecified atom stereocenters. The Hall–Kier alpha value is -0.398. The molecule has 51 valence electrons. The average Bonchev–Trinajstić information content (AvgIpc) is 1.96. The van der Waals surface area contributed by atoms with Crippen LogP contribution in [0.1, 0.15) is 6.42 Å². The van der Waals surface area contributed by atoms with Gasteiger partial charge in [-0.25, -0.2) is 0 Å². The van der Waals surface area contributed by atoms with E-state index in [-0.39, 0.29) is 18.0 Å². The minimum absolute atomic E-state index is 0.0185. The second-order valence-corrected chi connectivity index (χ2v) is 4.35. The fraction of sp³-hybridized carbons (Fsp3) is 0.200. The third-order valence-corrected chi connectivity index (χ3v) is 3.58. The molecule has 5 heteroatoms. The van der Waals surface area contributed by atoms with Gasteiger partial charge >= 0.3 is 70.6 Å². The second kappa shape index (κ2) is 3.13. The summed E-state index contributed by atoms with van der Waals surface area (Å²) in [6.07, 6.45) is -0.0185. The average molecular weight is 332 g/mol. The number of hydrogen-bond acceptors (Lipinski definition) is 4. The second-order valence-electron chi connectivity index (χ2n) is 1.77. The van der Waals surface area contributed by atoms with E-state index in [1.807, 2.05) is 0 Å². The molecule has 0 saturated carbocycles. The van der Waals surface area contributed by atoms with Crippen molar-refractivity contribution in [3.05, 3.63) is 12.2 Å². The first-order valence-electron chi connectivity index (χ1n) is 2.60. The van der Waals surface area contributed by atoms with Crippen molar-refractivity contribution < 1.29 is 15.0 Å². The molecule has 0 aromatic rings. The molecule has 1 saturated heterocycles. The summed E-state index contributed by atoms with van der Waals surface area (Å²) in [4.78, 5) is 21.2. The van der Waals surface area contributed by atoms with Gasteiger partial charge in [-0.3, -0.25) is 0 Å². The van der Waals surface area contributed by atoms with Crippen LogP contribution >= 0.6 is 0 Å². The van der Waals surface area contributed by atoms with E-state index in [2.05, 4.69) is 12.0 Å². The molecule has 1 fully saturated rings. The molecule has 0 aliphatic carbocycles. The SMILES string of the molecule is C=C1CC(=O)[O][Tl][O]C1=O. The van der Waals surface area contributed by atoms with Crippen LogP contribution in [-0.2, 0) is 15.0 Å². The Kier molecular flexibility index (Phi) is 2.41. The van der Waals surface area contributed by atoms with Gasteiger partial charge in [0.05, 0.1) is 0 Å². The Morgan fingerprint density at radius 2 is 2.10 bits per heavy atom. The first-order chi connectivity index (χ1) is 4.70. The number of rotatable bonds is 0. The maximum absolute atomic E-state index is 10.7. The third-order valence-electron chi connectivity index (χ3n) is 0.981. The van der Waals surface area contributed by atoms with Gasteiger partial charge in [-0.1, -0.05) is 0 Å². The number of carbonyl (C=O) groups excluding carboxylic acids is 2. The molecule has 1 aliphatic rings. The van der Waals surface area contributed by atoms with Crippen molar-refractivity contribution in [2.24, 2.45) is 0 Å². The van der Waals surface area contributed by atoms with Gasteiger partial charge in [0.25, 0.3) is 0 Å². The molecule has 0 amide bonds. The summed E-state index contributed by atoms with van der Waals surface area (Å²) >= 11 is -1.97. The molecule has 1 rings (SSSR count). The quantitative estimate of drug-likeness (QED) is 0.446. The molecule has 4 nitrogen and oxygen atoms in total. The molecule has 0 aromatic carbocycles. The van der Waals surface area contributed by atoms with Gasteiger partial charge in [0.15, 0.2) is 0 Å². The van der Waals surface area contributed by atoms with E-state index in [9.17, 15) is 9.59 Å². The zero-order valence-electron chi connectivity index (χ0n) is 5.12. The Balaban J connectivity index is 2.66. The Bertz CT molecular complexity index is 198. The van der Waals surface area contributed by atoms with E-state index in [1.54, 1.807) is 0 Å². The molecule has 0 bridgehead atoms. The Morgan fingerprint density at radius 1 is 1.40 bits per heavy atom. The number of hydrogen-bond donors (Lipinski definition) is 0. The van der Waals surface area contributed by atoms with E-state index in [1.165, 1.54) is 0 Å². The predicted molar refractivity (Wildman–Crippen MR) is 31.7 cm³/mol.